The Morgan fingerprint density at radius 3 is 2.18 bits per heavy atom. The Hall–Kier alpha value is -3.36. The first-order valence-electron chi connectivity index (χ1n) is 11.4. The molecule has 2 aromatic rings. The molecule has 9 nitrogen and oxygen atoms in total. The molecule has 3 N–H and O–H groups in total. The molecule has 176 valence electrons. The van der Waals surface area contributed by atoms with E-state index in [1.165, 1.54) is 6.92 Å². The summed E-state index contributed by atoms with van der Waals surface area (Å²) in [6.45, 7) is 2.05. The van der Waals surface area contributed by atoms with E-state index in [2.05, 4.69) is 10.2 Å². The molecule has 1 aromatic carbocycles. The molecule has 4 rings (SSSR count). The summed E-state index contributed by atoms with van der Waals surface area (Å²) in [6.07, 6.45) is 7.84. The second-order valence-electron chi connectivity index (χ2n) is 8.92. The lowest BCUT2D eigenvalue weighted by Gasteiger charge is -2.44. The zero-order chi connectivity index (χ0) is 23.5. The number of aromatic amines is 1. The van der Waals surface area contributed by atoms with Crippen LogP contribution in [0.4, 0.5) is 4.79 Å². The van der Waals surface area contributed by atoms with Crippen LogP contribution in [0.3, 0.4) is 0 Å². The summed E-state index contributed by atoms with van der Waals surface area (Å²) in [7, 11) is 0. The fourth-order valence-electron chi connectivity index (χ4n) is 4.93. The number of hydrogen-bond acceptors (Lipinski definition) is 6. The van der Waals surface area contributed by atoms with Crippen molar-refractivity contribution in [2.75, 3.05) is 13.1 Å². The zero-order valence-corrected chi connectivity index (χ0v) is 18.8. The van der Waals surface area contributed by atoms with Crippen LogP contribution in [-0.2, 0) is 24.7 Å². The van der Waals surface area contributed by atoms with Gasteiger partial charge >= 0.3 is 18.0 Å². The SMILES string of the molecule is CC(=O)OC1(C(=O)OC2(c3ccc(-c4cn[nH]c4)cc3)CCN(C(N)=O)CC2)CCCCC1. The number of carbonyl (C=O) groups excluding carboxylic acids is 3. The molecule has 0 radical (unpaired) electrons. The van der Waals surface area contributed by atoms with Gasteiger partial charge in [0.1, 0.15) is 5.60 Å². The van der Waals surface area contributed by atoms with Crippen molar-refractivity contribution in [1.29, 1.82) is 0 Å². The molecule has 2 aliphatic rings. The number of H-pyrrole nitrogens is 1. The number of primary amides is 1. The van der Waals surface area contributed by atoms with Crippen molar-refractivity contribution in [3.8, 4) is 11.1 Å². The molecule has 0 unspecified atom stereocenters. The Morgan fingerprint density at radius 1 is 0.970 bits per heavy atom. The summed E-state index contributed by atoms with van der Waals surface area (Å²) >= 11 is 0. The highest BCUT2D eigenvalue weighted by Gasteiger charge is 2.49. The van der Waals surface area contributed by atoms with E-state index in [4.69, 9.17) is 15.2 Å². The first-order chi connectivity index (χ1) is 15.8. The van der Waals surface area contributed by atoms with E-state index in [1.54, 1.807) is 11.1 Å². The van der Waals surface area contributed by atoms with Gasteiger partial charge in [0.25, 0.3) is 0 Å². The molecule has 1 aliphatic heterocycles. The second kappa shape index (κ2) is 9.25. The Balaban J connectivity index is 1.64. The third-order valence-corrected chi connectivity index (χ3v) is 6.79. The summed E-state index contributed by atoms with van der Waals surface area (Å²) in [5.74, 6) is -1.00. The van der Waals surface area contributed by atoms with Crippen LogP contribution < -0.4 is 5.73 Å². The van der Waals surface area contributed by atoms with Crippen molar-refractivity contribution in [2.24, 2.45) is 5.73 Å². The lowest BCUT2D eigenvalue weighted by molar-refractivity contribution is -0.201. The summed E-state index contributed by atoms with van der Waals surface area (Å²) in [5, 5.41) is 6.79. The van der Waals surface area contributed by atoms with E-state index in [0.717, 1.165) is 36.0 Å². The molecule has 0 bridgehead atoms. The van der Waals surface area contributed by atoms with Crippen molar-refractivity contribution in [3.05, 3.63) is 42.2 Å². The Bertz CT molecular complexity index is 988. The number of nitrogens with one attached hydrogen (secondary N) is 1. The number of aromatic nitrogens is 2. The molecule has 2 amide bonds. The molecular formula is C24H30N4O5. The van der Waals surface area contributed by atoms with Gasteiger partial charge in [0.15, 0.2) is 0 Å². The van der Waals surface area contributed by atoms with Crippen molar-refractivity contribution >= 4 is 18.0 Å². The summed E-state index contributed by atoms with van der Waals surface area (Å²) in [6, 6.07) is 7.30. The van der Waals surface area contributed by atoms with Crippen LogP contribution >= 0.6 is 0 Å². The van der Waals surface area contributed by atoms with Gasteiger partial charge < -0.3 is 20.1 Å². The van der Waals surface area contributed by atoms with Gasteiger partial charge in [-0.3, -0.25) is 9.89 Å². The van der Waals surface area contributed by atoms with Crippen LogP contribution in [0.2, 0.25) is 0 Å². The van der Waals surface area contributed by atoms with Gasteiger partial charge in [-0.25, -0.2) is 9.59 Å². The molecule has 9 heteroatoms. The minimum absolute atomic E-state index is 0.368. The van der Waals surface area contributed by atoms with Crippen molar-refractivity contribution < 1.29 is 23.9 Å². The van der Waals surface area contributed by atoms with Crippen molar-refractivity contribution in [3.63, 3.8) is 0 Å². The number of nitrogens with zero attached hydrogens (tertiary/aromatic N) is 2. The number of rotatable bonds is 5. The first-order valence-corrected chi connectivity index (χ1v) is 11.4. The molecule has 1 saturated heterocycles. The molecule has 1 aliphatic carbocycles. The number of hydrogen-bond donors (Lipinski definition) is 2. The number of nitrogens with two attached hydrogens (primary N) is 1. The third-order valence-electron chi connectivity index (χ3n) is 6.79. The highest BCUT2D eigenvalue weighted by atomic mass is 16.6. The summed E-state index contributed by atoms with van der Waals surface area (Å²) in [4.78, 5) is 38.6. The summed E-state index contributed by atoms with van der Waals surface area (Å²) in [5.41, 5.74) is 6.04. The molecule has 0 atom stereocenters. The molecule has 2 heterocycles. The van der Waals surface area contributed by atoms with E-state index in [1.807, 2.05) is 30.5 Å². The highest BCUT2D eigenvalue weighted by Crippen LogP contribution is 2.41. The predicted molar refractivity (Wildman–Crippen MR) is 120 cm³/mol. The number of amides is 2. The van der Waals surface area contributed by atoms with Gasteiger partial charge in [-0.2, -0.15) is 5.10 Å². The quantitative estimate of drug-likeness (QED) is 0.668. The maximum Gasteiger partial charge on any atom is 0.351 e. The average molecular weight is 455 g/mol. The van der Waals surface area contributed by atoms with Crippen LogP contribution in [0.1, 0.15) is 57.4 Å². The lowest BCUT2D eigenvalue weighted by atomic mass is 9.81. The van der Waals surface area contributed by atoms with Crippen LogP contribution in [0.15, 0.2) is 36.7 Å². The van der Waals surface area contributed by atoms with Gasteiger partial charge in [-0.1, -0.05) is 30.7 Å². The van der Waals surface area contributed by atoms with Gasteiger partial charge in [0.2, 0.25) is 5.60 Å². The number of piperidine rings is 1. The minimum Gasteiger partial charge on any atom is -0.451 e. The van der Waals surface area contributed by atoms with Crippen molar-refractivity contribution in [1.82, 2.24) is 15.1 Å². The second-order valence-corrected chi connectivity index (χ2v) is 8.92. The normalized spacial score (nSPS) is 19.5. The van der Waals surface area contributed by atoms with Gasteiger partial charge in [-0.05, 0) is 36.8 Å². The number of esters is 2. The minimum atomic E-state index is -1.26. The smallest absolute Gasteiger partial charge is 0.351 e. The van der Waals surface area contributed by atoms with Crippen LogP contribution in [0.5, 0.6) is 0 Å². The highest BCUT2D eigenvalue weighted by molar-refractivity contribution is 5.83. The third kappa shape index (κ3) is 4.72. The molecule has 1 saturated carbocycles. The number of benzene rings is 1. The molecule has 1 aromatic heterocycles. The van der Waals surface area contributed by atoms with E-state index >= 15 is 0 Å². The molecule has 33 heavy (non-hydrogen) atoms. The van der Waals surface area contributed by atoms with E-state index < -0.39 is 29.2 Å². The molecular weight excluding hydrogens is 424 g/mol. The maximum atomic E-state index is 13.6. The van der Waals surface area contributed by atoms with Gasteiger partial charge in [0.05, 0.1) is 6.20 Å². The topological polar surface area (TPSA) is 128 Å². The largest absolute Gasteiger partial charge is 0.451 e. The number of likely N-dealkylation sites (tertiary alicyclic amines) is 1. The monoisotopic (exact) mass is 454 g/mol. The van der Waals surface area contributed by atoms with Gasteiger partial charge in [0, 0.05) is 44.6 Å². The maximum absolute atomic E-state index is 13.6. The molecule has 2 fully saturated rings. The van der Waals surface area contributed by atoms with Gasteiger partial charge in [-0.15, -0.1) is 0 Å². The fourth-order valence-corrected chi connectivity index (χ4v) is 4.93. The van der Waals surface area contributed by atoms with Crippen molar-refractivity contribution in [2.45, 2.75) is 63.1 Å². The zero-order valence-electron chi connectivity index (χ0n) is 18.8. The van der Waals surface area contributed by atoms with E-state index in [-0.39, 0.29) is 0 Å². The Kier molecular flexibility index (Phi) is 6.40. The Morgan fingerprint density at radius 2 is 1.64 bits per heavy atom. The first kappa shape index (κ1) is 22.8. The van der Waals surface area contributed by atoms with E-state index in [0.29, 0.717) is 38.8 Å². The van der Waals surface area contributed by atoms with Crippen LogP contribution in [-0.4, -0.2) is 51.8 Å². The Labute approximate surface area is 192 Å². The average Bonchev–Trinajstić information content (AvgIpc) is 3.35. The molecule has 0 spiro atoms. The number of ether oxygens (including phenoxy) is 2. The summed E-state index contributed by atoms with van der Waals surface area (Å²) < 4.78 is 11.8. The standard InChI is InChI=1S/C24H30N4O5/c1-17(29)32-24(9-3-2-4-10-24)21(30)33-23(11-13-28(14-12-23)22(25)31)20-7-5-18(6-8-20)19-15-26-27-16-19/h5-8,15-16H,2-4,9-14H2,1H3,(H2,25,31)(H,26,27). The lowest BCUT2D eigenvalue weighted by Crippen LogP contribution is -2.53. The van der Waals surface area contributed by atoms with Crippen LogP contribution in [0.25, 0.3) is 11.1 Å². The fraction of sp³-hybridized carbons (Fsp3) is 0.500. The number of carbonyl (C=O) groups is 3. The van der Waals surface area contributed by atoms with E-state index in [9.17, 15) is 14.4 Å². The van der Waals surface area contributed by atoms with Crippen LogP contribution in [0, 0.1) is 0 Å². The number of urea groups is 1. The predicted octanol–water partition coefficient (Wildman–Crippen LogP) is 3.26.